The minimum absolute atomic E-state index is 0.290. The average Bonchev–Trinajstić information content (AvgIpc) is 2.53. The molecular formula is C15H17ClN2O3. The molecule has 21 heavy (non-hydrogen) atoms. The zero-order chi connectivity index (χ0) is 15.2. The number of methoxy groups -OCH3 is 2. The van der Waals surface area contributed by atoms with Gasteiger partial charge in [0.25, 0.3) is 0 Å². The molecule has 1 atom stereocenters. The monoisotopic (exact) mass is 308 g/mol. The Hall–Kier alpha value is -1.98. The number of nitrogens with one attached hydrogen (secondary N) is 1. The lowest BCUT2D eigenvalue weighted by molar-refractivity contribution is 0.186. The number of benzene rings is 1. The van der Waals surface area contributed by atoms with E-state index >= 15 is 0 Å². The minimum Gasteiger partial charge on any atom is -0.497 e. The molecule has 0 radical (unpaired) electrons. The highest BCUT2D eigenvalue weighted by atomic mass is 35.5. The van der Waals surface area contributed by atoms with Crippen LogP contribution in [0.5, 0.6) is 11.5 Å². The average molecular weight is 309 g/mol. The molecule has 0 aliphatic carbocycles. The number of rotatable bonds is 6. The zero-order valence-electron chi connectivity index (χ0n) is 11.8. The normalized spacial score (nSPS) is 11.8. The van der Waals surface area contributed by atoms with E-state index in [0.29, 0.717) is 27.9 Å². The van der Waals surface area contributed by atoms with E-state index in [9.17, 15) is 5.11 Å². The third kappa shape index (κ3) is 4.00. The van der Waals surface area contributed by atoms with Crippen molar-refractivity contribution >= 4 is 17.4 Å². The van der Waals surface area contributed by atoms with Gasteiger partial charge < -0.3 is 19.9 Å². The molecule has 0 amide bonds. The van der Waals surface area contributed by atoms with Crippen LogP contribution in [0.2, 0.25) is 5.02 Å². The minimum atomic E-state index is -0.757. The van der Waals surface area contributed by atoms with Crippen LogP contribution in [-0.4, -0.2) is 30.9 Å². The fraction of sp³-hybridized carbons (Fsp3) is 0.267. The molecule has 0 aliphatic heterocycles. The number of anilines is 1. The molecule has 6 heteroatoms. The third-order valence-corrected chi connectivity index (χ3v) is 3.22. The lowest BCUT2D eigenvalue weighted by Crippen LogP contribution is -2.13. The number of aliphatic hydroxyl groups excluding tert-OH is 1. The van der Waals surface area contributed by atoms with Crippen LogP contribution in [0.1, 0.15) is 11.7 Å². The number of hydrogen-bond acceptors (Lipinski definition) is 5. The molecule has 5 nitrogen and oxygen atoms in total. The second kappa shape index (κ2) is 7.15. The first-order chi connectivity index (χ1) is 10.1. The molecule has 0 saturated heterocycles. The van der Waals surface area contributed by atoms with Crippen LogP contribution in [0.15, 0.2) is 36.5 Å². The van der Waals surface area contributed by atoms with Crippen LogP contribution < -0.4 is 14.8 Å². The Bertz CT molecular complexity index is 590. The summed E-state index contributed by atoms with van der Waals surface area (Å²) in [7, 11) is 3.14. The van der Waals surface area contributed by atoms with E-state index < -0.39 is 6.10 Å². The summed E-state index contributed by atoms with van der Waals surface area (Å²) in [5.74, 6) is 1.91. The summed E-state index contributed by atoms with van der Waals surface area (Å²) in [6.07, 6.45) is 0.787. The van der Waals surface area contributed by atoms with Gasteiger partial charge in [-0.05, 0) is 30.3 Å². The van der Waals surface area contributed by atoms with Gasteiger partial charge in [-0.2, -0.15) is 0 Å². The topological polar surface area (TPSA) is 63.6 Å². The maximum absolute atomic E-state index is 10.3. The van der Waals surface area contributed by atoms with Gasteiger partial charge in [-0.25, -0.2) is 4.98 Å². The molecule has 1 aromatic carbocycles. The highest BCUT2D eigenvalue weighted by Crippen LogP contribution is 2.29. The molecule has 0 unspecified atom stereocenters. The molecule has 2 aromatic rings. The molecule has 1 heterocycles. The number of pyridine rings is 1. The van der Waals surface area contributed by atoms with Crippen molar-refractivity contribution in [3.63, 3.8) is 0 Å². The van der Waals surface area contributed by atoms with Crippen molar-refractivity contribution in [2.24, 2.45) is 0 Å². The first-order valence-electron chi connectivity index (χ1n) is 6.39. The van der Waals surface area contributed by atoms with E-state index in [1.54, 1.807) is 50.7 Å². The Morgan fingerprint density at radius 1 is 1.24 bits per heavy atom. The first kappa shape index (κ1) is 15.4. The van der Waals surface area contributed by atoms with Gasteiger partial charge in [0.1, 0.15) is 17.3 Å². The van der Waals surface area contributed by atoms with Crippen LogP contribution in [0.3, 0.4) is 0 Å². The molecule has 1 aromatic heterocycles. The summed E-state index contributed by atoms with van der Waals surface area (Å²) in [6, 6.07) is 8.77. The summed E-state index contributed by atoms with van der Waals surface area (Å²) in [6.45, 7) is 0.290. The van der Waals surface area contributed by atoms with Crippen LogP contribution in [-0.2, 0) is 0 Å². The summed E-state index contributed by atoms with van der Waals surface area (Å²) in [5.41, 5.74) is 0.651. The highest BCUT2D eigenvalue weighted by molar-refractivity contribution is 6.30. The summed E-state index contributed by atoms with van der Waals surface area (Å²) >= 11 is 5.77. The molecule has 0 spiro atoms. The predicted octanol–water partition coefficient (Wildman–Crippen LogP) is 2.90. The third-order valence-electron chi connectivity index (χ3n) is 3.00. The Kier molecular flexibility index (Phi) is 5.25. The summed E-state index contributed by atoms with van der Waals surface area (Å²) in [4.78, 5) is 4.11. The number of nitrogens with zero attached hydrogens (tertiary/aromatic N) is 1. The number of aliphatic hydroxyl groups is 1. The SMILES string of the molecule is COc1ccc(OC)c([C@H](O)CNc2ccc(Cl)cn2)c1. The molecule has 0 bridgehead atoms. The van der Waals surface area contributed by atoms with E-state index in [1.165, 1.54) is 0 Å². The van der Waals surface area contributed by atoms with Crippen LogP contribution in [0.25, 0.3) is 0 Å². The lowest BCUT2D eigenvalue weighted by atomic mass is 10.1. The summed E-state index contributed by atoms with van der Waals surface area (Å²) in [5, 5.41) is 13.9. The van der Waals surface area contributed by atoms with E-state index in [0.717, 1.165) is 0 Å². The van der Waals surface area contributed by atoms with Gasteiger partial charge in [-0.15, -0.1) is 0 Å². The predicted molar refractivity (Wildman–Crippen MR) is 82.2 cm³/mol. The second-order valence-electron chi connectivity index (χ2n) is 4.37. The van der Waals surface area contributed by atoms with Gasteiger partial charge in [0.2, 0.25) is 0 Å². The molecule has 2 N–H and O–H groups in total. The lowest BCUT2D eigenvalue weighted by Gasteiger charge is -2.16. The Balaban J connectivity index is 2.08. The number of halogens is 1. The zero-order valence-corrected chi connectivity index (χ0v) is 12.6. The number of ether oxygens (including phenoxy) is 2. The van der Waals surface area contributed by atoms with Crippen molar-refractivity contribution in [2.75, 3.05) is 26.1 Å². The fourth-order valence-corrected chi connectivity index (χ4v) is 2.00. The summed E-state index contributed by atoms with van der Waals surface area (Å²) < 4.78 is 10.4. The molecule has 0 aliphatic rings. The van der Waals surface area contributed by atoms with Crippen molar-refractivity contribution < 1.29 is 14.6 Å². The van der Waals surface area contributed by atoms with Gasteiger partial charge in [0.05, 0.1) is 25.3 Å². The van der Waals surface area contributed by atoms with Gasteiger partial charge in [0, 0.05) is 18.3 Å². The Morgan fingerprint density at radius 3 is 2.67 bits per heavy atom. The highest BCUT2D eigenvalue weighted by Gasteiger charge is 2.14. The van der Waals surface area contributed by atoms with E-state index in [2.05, 4.69) is 10.3 Å². The van der Waals surface area contributed by atoms with Crippen LogP contribution in [0, 0.1) is 0 Å². The number of aromatic nitrogens is 1. The van der Waals surface area contributed by atoms with Crippen molar-refractivity contribution in [3.8, 4) is 11.5 Å². The fourth-order valence-electron chi connectivity index (χ4n) is 1.89. The maximum atomic E-state index is 10.3. The smallest absolute Gasteiger partial charge is 0.126 e. The van der Waals surface area contributed by atoms with Crippen molar-refractivity contribution in [1.82, 2.24) is 4.98 Å². The molecular weight excluding hydrogens is 292 g/mol. The van der Waals surface area contributed by atoms with E-state index in [4.69, 9.17) is 21.1 Å². The van der Waals surface area contributed by atoms with E-state index in [-0.39, 0.29) is 6.54 Å². The van der Waals surface area contributed by atoms with Gasteiger partial charge >= 0.3 is 0 Å². The Morgan fingerprint density at radius 2 is 2.05 bits per heavy atom. The van der Waals surface area contributed by atoms with Crippen LogP contribution >= 0.6 is 11.6 Å². The molecule has 0 saturated carbocycles. The van der Waals surface area contributed by atoms with Gasteiger partial charge in [0.15, 0.2) is 0 Å². The molecule has 0 fully saturated rings. The maximum Gasteiger partial charge on any atom is 0.126 e. The standard InChI is InChI=1S/C15H17ClN2O3/c1-20-11-4-5-14(21-2)12(7-11)13(19)9-18-15-6-3-10(16)8-17-15/h3-8,13,19H,9H2,1-2H3,(H,17,18)/t13-/m1/s1. The largest absolute Gasteiger partial charge is 0.497 e. The quantitative estimate of drug-likeness (QED) is 0.859. The molecule has 112 valence electrons. The Labute approximate surface area is 128 Å². The van der Waals surface area contributed by atoms with Crippen molar-refractivity contribution in [3.05, 3.63) is 47.1 Å². The van der Waals surface area contributed by atoms with Crippen molar-refractivity contribution in [2.45, 2.75) is 6.10 Å². The van der Waals surface area contributed by atoms with Gasteiger partial charge in [-0.3, -0.25) is 0 Å². The van der Waals surface area contributed by atoms with Crippen LogP contribution in [0.4, 0.5) is 5.82 Å². The molecule has 2 rings (SSSR count). The number of hydrogen-bond donors (Lipinski definition) is 2. The van der Waals surface area contributed by atoms with Crippen molar-refractivity contribution in [1.29, 1.82) is 0 Å². The van der Waals surface area contributed by atoms with Gasteiger partial charge in [-0.1, -0.05) is 11.6 Å². The first-order valence-corrected chi connectivity index (χ1v) is 6.77. The second-order valence-corrected chi connectivity index (χ2v) is 4.80. The van der Waals surface area contributed by atoms with E-state index in [1.807, 2.05) is 0 Å².